The second-order valence-electron chi connectivity index (χ2n) is 8.46. The molecule has 1 atom stereocenters. The first-order valence-corrected chi connectivity index (χ1v) is 10.7. The number of halogens is 2. The SMILES string of the molecule is CC(C)(CNC(=O)[C@H]1CCCN1)c1nc(-c2ccc(Cl)c(O)c2)c(-c2ccncc2)[nH]1.Cl. The standard InChI is InChI=1S/C23H26ClN5O2.ClH/c1-23(2,13-27-21(31)17-4-3-9-26-17)22-28-19(14-7-10-25-11-8-14)20(29-22)15-5-6-16(24)18(30)12-15;/h5-8,10-12,17,26,30H,3-4,9,13H2,1-2H3,(H,27,31)(H,28,29);1H/t17-;/m1./s1. The van der Waals surface area contributed by atoms with Gasteiger partial charge >= 0.3 is 0 Å². The lowest BCUT2D eigenvalue weighted by atomic mass is 9.92. The highest BCUT2D eigenvalue weighted by Gasteiger charge is 2.29. The van der Waals surface area contributed by atoms with Gasteiger partial charge in [-0.2, -0.15) is 0 Å². The number of rotatable bonds is 6. The molecule has 1 fully saturated rings. The summed E-state index contributed by atoms with van der Waals surface area (Å²) in [6.07, 6.45) is 5.33. The predicted octanol–water partition coefficient (Wildman–Crippen LogP) is 4.07. The quantitative estimate of drug-likeness (QED) is 0.430. The molecule has 1 aliphatic heterocycles. The molecule has 32 heavy (non-hydrogen) atoms. The Kier molecular flexibility index (Phi) is 7.44. The number of aromatic amines is 1. The van der Waals surface area contributed by atoms with Crippen molar-refractivity contribution in [2.45, 2.75) is 38.1 Å². The molecular weight excluding hydrogens is 449 g/mol. The third-order valence-corrected chi connectivity index (χ3v) is 5.93. The number of nitrogens with zero attached hydrogens (tertiary/aromatic N) is 2. The van der Waals surface area contributed by atoms with Gasteiger partial charge in [-0.05, 0) is 43.7 Å². The van der Waals surface area contributed by atoms with Gasteiger partial charge in [0.2, 0.25) is 5.91 Å². The summed E-state index contributed by atoms with van der Waals surface area (Å²) in [6.45, 7) is 5.39. The molecule has 170 valence electrons. The molecule has 0 bridgehead atoms. The van der Waals surface area contributed by atoms with E-state index in [1.54, 1.807) is 24.5 Å². The number of imidazole rings is 1. The highest BCUT2D eigenvalue weighted by molar-refractivity contribution is 6.32. The van der Waals surface area contributed by atoms with Crippen LogP contribution in [0.15, 0.2) is 42.7 Å². The topological polar surface area (TPSA) is 103 Å². The van der Waals surface area contributed by atoms with E-state index >= 15 is 0 Å². The van der Waals surface area contributed by atoms with Gasteiger partial charge < -0.3 is 20.7 Å². The lowest BCUT2D eigenvalue weighted by Crippen LogP contribution is -2.45. The summed E-state index contributed by atoms with van der Waals surface area (Å²) in [5, 5.41) is 16.7. The Bertz CT molecular complexity index is 1080. The summed E-state index contributed by atoms with van der Waals surface area (Å²) in [7, 11) is 0. The lowest BCUT2D eigenvalue weighted by Gasteiger charge is -2.23. The van der Waals surface area contributed by atoms with E-state index in [9.17, 15) is 9.90 Å². The Morgan fingerprint density at radius 3 is 2.66 bits per heavy atom. The highest BCUT2D eigenvalue weighted by Crippen LogP contribution is 2.36. The molecule has 9 heteroatoms. The number of aromatic hydroxyl groups is 1. The van der Waals surface area contributed by atoms with Crippen molar-refractivity contribution >= 4 is 29.9 Å². The smallest absolute Gasteiger partial charge is 0.237 e. The maximum absolute atomic E-state index is 12.5. The van der Waals surface area contributed by atoms with Crippen LogP contribution >= 0.6 is 24.0 Å². The van der Waals surface area contributed by atoms with Gasteiger partial charge in [0, 0.05) is 35.5 Å². The van der Waals surface area contributed by atoms with Crippen LogP contribution in [0.3, 0.4) is 0 Å². The molecule has 2 aromatic heterocycles. The fourth-order valence-electron chi connectivity index (χ4n) is 3.71. The van der Waals surface area contributed by atoms with Gasteiger partial charge in [0.05, 0.1) is 22.5 Å². The molecule has 3 aromatic rings. The molecular formula is C23H27Cl2N5O2. The van der Waals surface area contributed by atoms with E-state index in [0.717, 1.165) is 42.0 Å². The average Bonchev–Trinajstić information content (AvgIpc) is 3.45. The maximum atomic E-state index is 12.5. The number of nitrogens with one attached hydrogen (secondary N) is 3. The third kappa shape index (κ3) is 5.06. The van der Waals surface area contributed by atoms with E-state index in [-0.39, 0.29) is 35.1 Å². The first-order chi connectivity index (χ1) is 14.8. The molecule has 0 saturated carbocycles. The normalized spacial score (nSPS) is 15.9. The number of carbonyl (C=O) groups is 1. The highest BCUT2D eigenvalue weighted by atomic mass is 35.5. The molecule has 0 radical (unpaired) electrons. The summed E-state index contributed by atoms with van der Waals surface area (Å²) < 4.78 is 0. The molecule has 1 aromatic carbocycles. The van der Waals surface area contributed by atoms with E-state index in [1.807, 2.05) is 32.0 Å². The minimum atomic E-state index is -0.442. The lowest BCUT2D eigenvalue weighted by molar-refractivity contribution is -0.123. The van der Waals surface area contributed by atoms with Crippen molar-refractivity contribution < 1.29 is 9.90 Å². The molecule has 4 rings (SSSR count). The van der Waals surface area contributed by atoms with Crippen LogP contribution in [0.2, 0.25) is 5.02 Å². The number of benzene rings is 1. The predicted molar refractivity (Wildman–Crippen MR) is 128 cm³/mol. The first kappa shape index (κ1) is 24.0. The Morgan fingerprint density at radius 1 is 1.25 bits per heavy atom. The van der Waals surface area contributed by atoms with Crippen LogP contribution < -0.4 is 10.6 Å². The van der Waals surface area contributed by atoms with E-state index in [0.29, 0.717) is 12.2 Å². The van der Waals surface area contributed by atoms with Gasteiger partial charge in [-0.3, -0.25) is 9.78 Å². The number of hydrogen-bond acceptors (Lipinski definition) is 5. The van der Waals surface area contributed by atoms with Crippen molar-refractivity contribution in [1.82, 2.24) is 25.6 Å². The summed E-state index contributed by atoms with van der Waals surface area (Å²) in [5.41, 5.74) is 2.74. The number of phenols is 1. The van der Waals surface area contributed by atoms with Crippen molar-refractivity contribution in [3.05, 3.63) is 53.6 Å². The van der Waals surface area contributed by atoms with Crippen LogP contribution in [0.4, 0.5) is 0 Å². The average molecular weight is 476 g/mol. The molecule has 0 spiro atoms. The van der Waals surface area contributed by atoms with Crippen LogP contribution in [-0.2, 0) is 10.2 Å². The fraction of sp³-hybridized carbons (Fsp3) is 0.348. The van der Waals surface area contributed by atoms with Crippen LogP contribution in [0.5, 0.6) is 5.75 Å². The first-order valence-electron chi connectivity index (χ1n) is 10.4. The molecule has 1 saturated heterocycles. The monoisotopic (exact) mass is 475 g/mol. The van der Waals surface area contributed by atoms with E-state index < -0.39 is 5.41 Å². The van der Waals surface area contributed by atoms with Crippen LogP contribution in [-0.4, -0.2) is 45.1 Å². The number of H-pyrrole nitrogens is 1. The van der Waals surface area contributed by atoms with Gasteiger partial charge in [0.1, 0.15) is 11.6 Å². The van der Waals surface area contributed by atoms with E-state index in [4.69, 9.17) is 16.6 Å². The zero-order valence-electron chi connectivity index (χ0n) is 18.0. The van der Waals surface area contributed by atoms with Crippen molar-refractivity contribution in [3.63, 3.8) is 0 Å². The Hall–Kier alpha value is -2.61. The molecule has 0 unspecified atom stereocenters. The van der Waals surface area contributed by atoms with Crippen molar-refractivity contribution in [2.75, 3.05) is 13.1 Å². The number of hydrogen-bond donors (Lipinski definition) is 4. The minimum Gasteiger partial charge on any atom is -0.506 e. The minimum absolute atomic E-state index is 0. The van der Waals surface area contributed by atoms with Gasteiger partial charge in [-0.1, -0.05) is 31.5 Å². The van der Waals surface area contributed by atoms with Crippen LogP contribution in [0.1, 0.15) is 32.5 Å². The zero-order chi connectivity index (χ0) is 22.0. The van der Waals surface area contributed by atoms with Crippen molar-refractivity contribution in [3.8, 4) is 28.3 Å². The molecule has 1 aliphatic rings. The van der Waals surface area contributed by atoms with Crippen LogP contribution in [0, 0.1) is 0 Å². The summed E-state index contributed by atoms with van der Waals surface area (Å²) >= 11 is 6.00. The van der Waals surface area contributed by atoms with Gasteiger partial charge in [0.15, 0.2) is 0 Å². The number of amides is 1. The van der Waals surface area contributed by atoms with Crippen molar-refractivity contribution in [2.24, 2.45) is 0 Å². The Morgan fingerprint density at radius 2 is 2.00 bits per heavy atom. The van der Waals surface area contributed by atoms with Crippen molar-refractivity contribution in [1.29, 1.82) is 0 Å². The number of aromatic nitrogens is 3. The summed E-state index contributed by atoms with van der Waals surface area (Å²) in [4.78, 5) is 24.9. The number of pyridine rings is 1. The molecule has 0 aliphatic carbocycles. The maximum Gasteiger partial charge on any atom is 0.237 e. The summed E-state index contributed by atoms with van der Waals surface area (Å²) in [6, 6.07) is 8.76. The number of carbonyl (C=O) groups excluding carboxylic acids is 1. The van der Waals surface area contributed by atoms with Gasteiger partial charge in [-0.25, -0.2) is 4.98 Å². The molecule has 7 nitrogen and oxygen atoms in total. The second kappa shape index (κ2) is 9.90. The van der Waals surface area contributed by atoms with E-state index in [1.165, 1.54) is 0 Å². The largest absolute Gasteiger partial charge is 0.506 e. The number of phenolic OH excluding ortho intramolecular Hbond substituents is 1. The molecule has 4 N–H and O–H groups in total. The zero-order valence-corrected chi connectivity index (χ0v) is 19.6. The second-order valence-corrected chi connectivity index (χ2v) is 8.87. The molecule has 3 heterocycles. The Labute approximate surface area is 198 Å². The summed E-state index contributed by atoms with van der Waals surface area (Å²) in [5.74, 6) is 0.762. The Balaban J connectivity index is 0.00000289. The third-order valence-electron chi connectivity index (χ3n) is 5.61. The molecule has 1 amide bonds. The van der Waals surface area contributed by atoms with Gasteiger partial charge in [-0.15, -0.1) is 12.4 Å². The van der Waals surface area contributed by atoms with Gasteiger partial charge in [0.25, 0.3) is 0 Å². The fourth-order valence-corrected chi connectivity index (χ4v) is 3.83. The van der Waals surface area contributed by atoms with Crippen LogP contribution in [0.25, 0.3) is 22.5 Å². The van der Waals surface area contributed by atoms with E-state index in [2.05, 4.69) is 20.6 Å².